The highest BCUT2D eigenvalue weighted by atomic mass is 32.2. The van der Waals surface area contributed by atoms with Crippen molar-refractivity contribution in [2.45, 2.75) is 13.3 Å². The number of terminal acetylenes is 1. The maximum absolute atomic E-state index is 4.94. The summed E-state index contributed by atoms with van der Waals surface area (Å²) in [6, 6.07) is 2.36. The van der Waals surface area contributed by atoms with Crippen LogP contribution in [0.15, 0.2) is 0 Å². The van der Waals surface area contributed by atoms with Crippen molar-refractivity contribution in [1.29, 1.82) is 0 Å². The monoisotopic (exact) mass is 129 g/mol. The van der Waals surface area contributed by atoms with Crippen LogP contribution in [-0.4, -0.2) is 11.6 Å². The van der Waals surface area contributed by atoms with Crippen LogP contribution in [0.4, 0.5) is 0 Å². The van der Waals surface area contributed by atoms with Crippen LogP contribution >= 0.6 is 11.8 Å². The van der Waals surface area contributed by atoms with Crippen molar-refractivity contribution in [3.63, 3.8) is 0 Å². The minimum atomic E-state index is 0.879. The molecule has 2 heteroatoms. The first-order valence-electron chi connectivity index (χ1n) is 2.68. The SMILES string of the molecule is C#CNCSCCC. The second-order valence-corrected chi connectivity index (χ2v) is 2.48. The van der Waals surface area contributed by atoms with Crippen molar-refractivity contribution < 1.29 is 0 Å². The van der Waals surface area contributed by atoms with Crippen LogP contribution in [0.3, 0.4) is 0 Å². The van der Waals surface area contributed by atoms with Crippen molar-refractivity contribution in [2.75, 3.05) is 11.6 Å². The van der Waals surface area contributed by atoms with Crippen LogP contribution < -0.4 is 5.32 Å². The average Bonchev–Trinajstić information content (AvgIpc) is 1.81. The van der Waals surface area contributed by atoms with Gasteiger partial charge in [-0.3, -0.25) is 0 Å². The van der Waals surface area contributed by atoms with Crippen LogP contribution in [-0.2, 0) is 0 Å². The zero-order chi connectivity index (χ0) is 6.24. The van der Waals surface area contributed by atoms with E-state index >= 15 is 0 Å². The van der Waals surface area contributed by atoms with Crippen LogP contribution in [0.1, 0.15) is 13.3 Å². The molecule has 0 aliphatic heterocycles. The van der Waals surface area contributed by atoms with E-state index in [-0.39, 0.29) is 0 Å². The Hall–Kier alpha value is -0.290. The summed E-state index contributed by atoms with van der Waals surface area (Å²) in [6.45, 7) is 2.16. The fourth-order valence-corrected chi connectivity index (χ4v) is 0.928. The Labute approximate surface area is 55.2 Å². The van der Waals surface area contributed by atoms with E-state index in [1.807, 2.05) is 11.8 Å². The van der Waals surface area contributed by atoms with E-state index in [0.29, 0.717) is 0 Å². The quantitative estimate of drug-likeness (QED) is 0.265. The zero-order valence-electron chi connectivity index (χ0n) is 5.11. The predicted octanol–water partition coefficient (Wildman–Crippen LogP) is 1.27. The van der Waals surface area contributed by atoms with Gasteiger partial charge in [0.2, 0.25) is 0 Å². The third kappa shape index (κ3) is 5.71. The highest BCUT2D eigenvalue weighted by Gasteiger charge is 1.79. The van der Waals surface area contributed by atoms with Gasteiger partial charge in [0, 0.05) is 6.04 Å². The minimum Gasteiger partial charge on any atom is -0.336 e. The van der Waals surface area contributed by atoms with E-state index in [2.05, 4.69) is 18.3 Å². The van der Waals surface area contributed by atoms with Gasteiger partial charge in [-0.2, -0.15) is 0 Å². The molecule has 0 spiro atoms. The van der Waals surface area contributed by atoms with Gasteiger partial charge < -0.3 is 5.32 Å². The van der Waals surface area contributed by atoms with Crippen molar-refractivity contribution in [3.05, 3.63) is 0 Å². The van der Waals surface area contributed by atoms with Crippen LogP contribution in [0.25, 0.3) is 0 Å². The largest absolute Gasteiger partial charge is 0.336 e. The summed E-state index contributed by atoms with van der Waals surface area (Å²) in [5.41, 5.74) is 0. The van der Waals surface area contributed by atoms with Gasteiger partial charge in [-0.05, 0) is 12.2 Å². The summed E-state index contributed by atoms with van der Waals surface area (Å²) in [6.07, 6.45) is 6.16. The zero-order valence-corrected chi connectivity index (χ0v) is 5.92. The van der Waals surface area contributed by atoms with Crippen LogP contribution in [0.2, 0.25) is 0 Å². The first-order chi connectivity index (χ1) is 3.91. The molecule has 8 heavy (non-hydrogen) atoms. The van der Waals surface area contributed by atoms with Gasteiger partial charge in [-0.1, -0.05) is 13.3 Å². The number of thioether (sulfide) groups is 1. The molecule has 0 rings (SSSR count). The number of hydrogen-bond donors (Lipinski definition) is 1. The van der Waals surface area contributed by atoms with E-state index in [1.54, 1.807) is 0 Å². The molecule has 0 saturated carbocycles. The summed E-state index contributed by atoms with van der Waals surface area (Å²) in [4.78, 5) is 0. The normalized spacial score (nSPS) is 8.00. The van der Waals surface area contributed by atoms with E-state index in [9.17, 15) is 0 Å². The summed E-state index contributed by atoms with van der Waals surface area (Å²) in [5.74, 6) is 2.07. The Morgan fingerprint density at radius 1 is 1.75 bits per heavy atom. The molecule has 46 valence electrons. The van der Waals surface area contributed by atoms with Crippen molar-refractivity contribution >= 4 is 11.8 Å². The molecular formula is C6H11NS. The lowest BCUT2D eigenvalue weighted by Gasteiger charge is -1.94. The molecule has 0 bridgehead atoms. The smallest absolute Gasteiger partial charge is 0.0685 e. The molecule has 1 nitrogen and oxygen atoms in total. The Kier molecular flexibility index (Phi) is 6.47. The maximum Gasteiger partial charge on any atom is 0.0685 e. The highest BCUT2D eigenvalue weighted by molar-refractivity contribution is 7.99. The fourth-order valence-electron chi connectivity index (χ4n) is 0.309. The molecule has 0 aliphatic carbocycles. The van der Waals surface area contributed by atoms with E-state index in [4.69, 9.17) is 6.42 Å². The number of hydrogen-bond acceptors (Lipinski definition) is 2. The van der Waals surface area contributed by atoms with Crippen molar-refractivity contribution in [3.8, 4) is 12.5 Å². The molecule has 0 heterocycles. The molecule has 0 aromatic heterocycles. The van der Waals surface area contributed by atoms with Crippen LogP contribution in [0.5, 0.6) is 0 Å². The summed E-state index contributed by atoms with van der Waals surface area (Å²) in [5, 5.41) is 2.77. The molecule has 0 aliphatic rings. The topological polar surface area (TPSA) is 12.0 Å². The molecule has 0 radical (unpaired) electrons. The maximum atomic E-state index is 4.94. The Bertz CT molecular complexity index is 75.1. The first kappa shape index (κ1) is 7.71. The Morgan fingerprint density at radius 2 is 2.50 bits per heavy atom. The molecular weight excluding hydrogens is 118 g/mol. The van der Waals surface area contributed by atoms with Crippen molar-refractivity contribution in [2.24, 2.45) is 0 Å². The Balaban J connectivity index is 2.65. The average molecular weight is 129 g/mol. The predicted molar refractivity (Wildman–Crippen MR) is 39.6 cm³/mol. The number of nitrogens with one attached hydrogen (secondary N) is 1. The van der Waals surface area contributed by atoms with Gasteiger partial charge in [0.05, 0.1) is 5.88 Å². The molecule has 0 aromatic rings. The minimum absolute atomic E-state index is 0.879. The lowest BCUT2D eigenvalue weighted by Crippen LogP contribution is -2.02. The standard InChI is InChI=1S/C6H11NS/c1-3-5-8-6-7-4-2/h2,7H,3,5-6H2,1H3. The van der Waals surface area contributed by atoms with E-state index in [0.717, 1.165) is 5.88 Å². The molecule has 0 fully saturated rings. The van der Waals surface area contributed by atoms with Gasteiger partial charge in [0.25, 0.3) is 0 Å². The second kappa shape index (κ2) is 6.71. The molecule has 0 saturated heterocycles. The molecule has 0 atom stereocenters. The third-order valence-corrected chi connectivity index (χ3v) is 1.67. The first-order valence-corrected chi connectivity index (χ1v) is 3.83. The molecule has 1 N–H and O–H groups in total. The van der Waals surface area contributed by atoms with Gasteiger partial charge in [0.1, 0.15) is 0 Å². The highest BCUT2D eigenvalue weighted by Crippen LogP contribution is 1.97. The summed E-state index contributed by atoms with van der Waals surface area (Å²) >= 11 is 1.82. The van der Waals surface area contributed by atoms with Gasteiger partial charge in [-0.15, -0.1) is 11.8 Å². The Morgan fingerprint density at radius 3 is 3.00 bits per heavy atom. The van der Waals surface area contributed by atoms with E-state index in [1.165, 1.54) is 12.2 Å². The fraction of sp³-hybridized carbons (Fsp3) is 0.667. The lowest BCUT2D eigenvalue weighted by molar-refractivity contribution is 1.07. The van der Waals surface area contributed by atoms with Gasteiger partial charge >= 0.3 is 0 Å². The third-order valence-electron chi connectivity index (χ3n) is 0.625. The van der Waals surface area contributed by atoms with Crippen LogP contribution in [0, 0.1) is 12.5 Å². The van der Waals surface area contributed by atoms with Gasteiger partial charge in [0.15, 0.2) is 0 Å². The molecule has 0 amide bonds. The lowest BCUT2D eigenvalue weighted by atomic mass is 10.6. The number of rotatable bonds is 4. The van der Waals surface area contributed by atoms with Gasteiger partial charge in [-0.25, -0.2) is 0 Å². The second-order valence-electron chi connectivity index (χ2n) is 1.37. The molecule has 0 aromatic carbocycles. The summed E-state index contributed by atoms with van der Waals surface area (Å²) in [7, 11) is 0. The summed E-state index contributed by atoms with van der Waals surface area (Å²) < 4.78 is 0. The van der Waals surface area contributed by atoms with E-state index < -0.39 is 0 Å². The molecule has 0 unspecified atom stereocenters. The van der Waals surface area contributed by atoms with Crippen molar-refractivity contribution in [1.82, 2.24) is 5.32 Å².